The van der Waals surface area contributed by atoms with Gasteiger partial charge in [-0.2, -0.15) is 0 Å². The minimum absolute atomic E-state index is 0.222. The van der Waals surface area contributed by atoms with Gasteiger partial charge in [0.15, 0.2) is 0 Å². The van der Waals surface area contributed by atoms with Gasteiger partial charge in [-0.05, 0) is 29.6 Å². The zero-order chi connectivity index (χ0) is 12.4. The summed E-state index contributed by atoms with van der Waals surface area (Å²) in [5.74, 6) is -0.883. The van der Waals surface area contributed by atoms with Gasteiger partial charge in [-0.1, -0.05) is 11.6 Å². The van der Waals surface area contributed by atoms with Crippen LogP contribution >= 0.6 is 22.9 Å². The van der Waals surface area contributed by atoms with Crippen molar-refractivity contribution in [2.75, 3.05) is 11.1 Å². The Hall–Kier alpha value is -1.59. The minimum Gasteiger partial charge on any atom is -0.397 e. The van der Waals surface area contributed by atoms with E-state index in [-0.39, 0.29) is 10.9 Å². The van der Waals surface area contributed by atoms with Crippen molar-refractivity contribution < 1.29 is 9.18 Å². The van der Waals surface area contributed by atoms with Crippen LogP contribution < -0.4 is 11.1 Å². The topological polar surface area (TPSA) is 55.1 Å². The molecule has 0 bridgehead atoms. The van der Waals surface area contributed by atoms with Gasteiger partial charge in [0.2, 0.25) is 0 Å². The second-order valence-corrected chi connectivity index (χ2v) is 4.67. The van der Waals surface area contributed by atoms with Crippen LogP contribution in [0.3, 0.4) is 0 Å². The largest absolute Gasteiger partial charge is 0.397 e. The average Bonchev–Trinajstić information content (AvgIpc) is 2.62. The maximum absolute atomic E-state index is 13.0. The van der Waals surface area contributed by atoms with Crippen molar-refractivity contribution >= 4 is 40.2 Å². The molecule has 0 fully saturated rings. The summed E-state index contributed by atoms with van der Waals surface area (Å²) in [7, 11) is 0. The number of carbonyl (C=O) groups is 1. The summed E-state index contributed by atoms with van der Waals surface area (Å²) in [6.45, 7) is 0. The summed E-state index contributed by atoms with van der Waals surface area (Å²) in [5, 5.41) is 4.47. The number of benzene rings is 1. The molecule has 1 aromatic heterocycles. The Bertz CT molecular complexity index is 550. The predicted molar refractivity (Wildman–Crippen MR) is 68.1 cm³/mol. The van der Waals surface area contributed by atoms with Crippen LogP contribution in [0.4, 0.5) is 15.8 Å². The molecule has 88 valence electrons. The molecule has 2 aromatic rings. The van der Waals surface area contributed by atoms with Crippen molar-refractivity contribution in [1.82, 2.24) is 0 Å². The first-order valence-corrected chi connectivity index (χ1v) is 5.92. The molecule has 3 N–H and O–H groups in total. The van der Waals surface area contributed by atoms with Crippen LogP contribution in [0.2, 0.25) is 5.02 Å². The summed E-state index contributed by atoms with van der Waals surface area (Å²) < 4.78 is 13.0. The number of carbonyl (C=O) groups excluding carboxylic acids is 1. The van der Waals surface area contributed by atoms with Gasteiger partial charge in [-0.25, -0.2) is 4.39 Å². The van der Waals surface area contributed by atoms with Gasteiger partial charge in [0.05, 0.1) is 5.69 Å². The van der Waals surface area contributed by atoms with E-state index in [9.17, 15) is 9.18 Å². The van der Waals surface area contributed by atoms with E-state index in [0.717, 1.165) is 6.07 Å². The second kappa shape index (κ2) is 4.73. The molecule has 0 saturated heterocycles. The lowest BCUT2D eigenvalue weighted by Crippen LogP contribution is -2.12. The third-order valence-corrected chi connectivity index (χ3v) is 3.17. The van der Waals surface area contributed by atoms with Gasteiger partial charge >= 0.3 is 0 Å². The Balaban J connectivity index is 2.21. The average molecular weight is 271 g/mol. The third kappa shape index (κ3) is 2.75. The van der Waals surface area contributed by atoms with E-state index in [1.165, 1.54) is 23.5 Å². The SMILES string of the molecule is Nc1ccsc1C(=O)Nc1cc(F)cc(Cl)c1. The molecular formula is C11H8ClFN2OS. The number of nitrogens with one attached hydrogen (secondary N) is 1. The van der Waals surface area contributed by atoms with Gasteiger partial charge < -0.3 is 11.1 Å². The second-order valence-electron chi connectivity index (χ2n) is 3.32. The third-order valence-electron chi connectivity index (χ3n) is 2.02. The lowest BCUT2D eigenvalue weighted by atomic mass is 10.3. The molecule has 0 spiro atoms. The monoisotopic (exact) mass is 270 g/mol. The van der Waals surface area contributed by atoms with E-state index in [0.29, 0.717) is 16.3 Å². The number of amides is 1. The van der Waals surface area contributed by atoms with Crippen molar-refractivity contribution in [2.45, 2.75) is 0 Å². The summed E-state index contributed by atoms with van der Waals surface area (Å²) in [6.07, 6.45) is 0. The summed E-state index contributed by atoms with van der Waals surface area (Å²) in [6, 6.07) is 5.45. The summed E-state index contributed by atoms with van der Waals surface area (Å²) in [4.78, 5) is 12.2. The van der Waals surface area contributed by atoms with E-state index >= 15 is 0 Å². The molecule has 0 unspecified atom stereocenters. The molecule has 0 aliphatic heterocycles. The van der Waals surface area contributed by atoms with Gasteiger partial charge in [-0.15, -0.1) is 11.3 Å². The maximum atomic E-state index is 13.0. The van der Waals surface area contributed by atoms with Crippen LogP contribution in [0.25, 0.3) is 0 Å². The highest BCUT2D eigenvalue weighted by atomic mass is 35.5. The van der Waals surface area contributed by atoms with Gasteiger partial charge in [0.25, 0.3) is 5.91 Å². The summed E-state index contributed by atoms with van der Waals surface area (Å²) in [5.41, 5.74) is 6.30. The van der Waals surface area contributed by atoms with Crippen LogP contribution in [0.15, 0.2) is 29.6 Å². The molecule has 1 heterocycles. The molecule has 0 aliphatic rings. The van der Waals surface area contributed by atoms with Crippen LogP contribution in [-0.4, -0.2) is 5.91 Å². The highest BCUT2D eigenvalue weighted by Crippen LogP contribution is 2.22. The van der Waals surface area contributed by atoms with Crippen LogP contribution in [0, 0.1) is 5.82 Å². The molecule has 0 radical (unpaired) electrons. The predicted octanol–water partition coefficient (Wildman–Crippen LogP) is 3.38. The molecule has 1 aromatic carbocycles. The number of hydrogen-bond acceptors (Lipinski definition) is 3. The number of thiophene rings is 1. The molecule has 6 heteroatoms. The van der Waals surface area contributed by atoms with E-state index in [4.69, 9.17) is 17.3 Å². The van der Waals surface area contributed by atoms with E-state index in [1.54, 1.807) is 11.4 Å². The number of nitrogens with two attached hydrogens (primary N) is 1. The zero-order valence-corrected chi connectivity index (χ0v) is 10.1. The highest BCUT2D eigenvalue weighted by molar-refractivity contribution is 7.12. The molecule has 0 atom stereocenters. The van der Waals surface area contributed by atoms with Crippen molar-refractivity contribution in [3.05, 3.63) is 45.4 Å². The minimum atomic E-state index is -0.507. The van der Waals surface area contributed by atoms with E-state index in [1.807, 2.05) is 0 Å². The first-order valence-electron chi connectivity index (χ1n) is 4.66. The van der Waals surface area contributed by atoms with E-state index < -0.39 is 5.82 Å². The van der Waals surface area contributed by atoms with Gasteiger partial charge in [0, 0.05) is 10.7 Å². The van der Waals surface area contributed by atoms with Crippen LogP contribution in [-0.2, 0) is 0 Å². The maximum Gasteiger partial charge on any atom is 0.267 e. The first kappa shape index (κ1) is 11.9. The van der Waals surface area contributed by atoms with Gasteiger partial charge in [0.1, 0.15) is 10.7 Å². The lowest BCUT2D eigenvalue weighted by molar-refractivity contribution is 0.103. The molecule has 17 heavy (non-hydrogen) atoms. The number of anilines is 2. The molecular weight excluding hydrogens is 263 g/mol. The lowest BCUT2D eigenvalue weighted by Gasteiger charge is -2.05. The standard InChI is InChI=1S/C11H8ClFN2OS/c12-6-3-7(13)5-8(4-6)15-11(16)10-9(14)1-2-17-10/h1-5H,14H2,(H,15,16). The Kier molecular flexibility index (Phi) is 3.31. The Morgan fingerprint density at radius 1 is 1.41 bits per heavy atom. The highest BCUT2D eigenvalue weighted by Gasteiger charge is 2.11. The number of hydrogen-bond donors (Lipinski definition) is 2. The van der Waals surface area contributed by atoms with E-state index in [2.05, 4.69) is 5.32 Å². The normalized spacial score (nSPS) is 10.2. The van der Waals surface area contributed by atoms with Crippen molar-refractivity contribution in [3.8, 4) is 0 Å². The Labute approximate surface area is 106 Å². The summed E-state index contributed by atoms with van der Waals surface area (Å²) >= 11 is 6.90. The molecule has 3 nitrogen and oxygen atoms in total. The fourth-order valence-corrected chi connectivity index (χ4v) is 2.25. The van der Waals surface area contributed by atoms with Crippen LogP contribution in [0.5, 0.6) is 0 Å². The van der Waals surface area contributed by atoms with Crippen molar-refractivity contribution in [2.24, 2.45) is 0 Å². The number of nitrogen functional groups attached to an aromatic ring is 1. The van der Waals surface area contributed by atoms with Crippen LogP contribution in [0.1, 0.15) is 9.67 Å². The fraction of sp³-hybridized carbons (Fsp3) is 0. The zero-order valence-electron chi connectivity index (χ0n) is 8.54. The smallest absolute Gasteiger partial charge is 0.267 e. The molecule has 0 saturated carbocycles. The first-order chi connectivity index (χ1) is 8.06. The number of rotatable bonds is 2. The molecule has 1 amide bonds. The Morgan fingerprint density at radius 3 is 2.76 bits per heavy atom. The van der Waals surface area contributed by atoms with Crippen molar-refractivity contribution in [3.63, 3.8) is 0 Å². The fourth-order valence-electron chi connectivity index (χ4n) is 1.32. The van der Waals surface area contributed by atoms with Crippen molar-refractivity contribution in [1.29, 1.82) is 0 Å². The Morgan fingerprint density at radius 2 is 2.18 bits per heavy atom. The number of halogens is 2. The molecule has 0 aliphatic carbocycles. The quantitative estimate of drug-likeness (QED) is 0.879. The molecule has 2 rings (SSSR count). The van der Waals surface area contributed by atoms with Gasteiger partial charge in [-0.3, -0.25) is 4.79 Å².